The second-order valence-electron chi connectivity index (χ2n) is 9.56. The van der Waals surface area contributed by atoms with Gasteiger partial charge in [-0.3, -0.25) is 9.59 Å². The summed E-state index contributed by atoms with van der Waals surface area (Å²) in [5.74, 6) is -1.52. The van der Waals surface area contributed by atoms with Crippen LogP contribution in [0, 0.1) is 5.92 Å². The van der Waals surface area contributed by atoms with E-state index in [0.29, 0.717) is 25.2 Å². The van der Waals surface area contributed by atoms with Crippen molar-refractivity contribution in [1.29, 1.82) is 0 Å². The molecule has 182 valence electrons. The van der Waals surface area contributed by atoms with Crippen LogP contribution >= 0.6 is 12.6 Å². The fourth-order valence-corrected chi connectivity index (χ4v) is 4.94. The molecule has 1 saturated carbocycles. The van der Waals surface area contributed by atoms with Crippen molar-refractivity contribution >= 4 is 30.4 Å². The molecule has 0 saturated heterocycles. The van der Waals surface area contributed by atoms with Crippen molar-refractivity contribution in [1.82, 2.24) is 10.6 Å². The number of benzene rings is 2. The van der Waals surface area contributed by atoms with Crippen LogP contribution in [-0.2, 0) is 20.8 Å². The molecule has 2 aromatic carbocycles. The van der Waals surface area contributed by atoms with Gasteiger partial charge in [0.15, 0.2) is 0 Å². The molecule has 0 radical (unpaired) electrons. The highest BCUT2D eigenvalue weighted by Crippen LogP contribution is 2.31. The highest BCUT2D eigenvalue weighted by molar-refractivity contribution is 7.81. The van der Waals surface area contributed by atoms with E-state index >= 15 is 0 Å². The number of aliphatic carboxylic acids is 1. The highest BCUT2D eigenvalue weighted by Gasteiger charge is 2.44. The number of thiol groups is 1. The topological polar surface area (TPSA) is 95.5 Å². The van der Waals surface area contributed by atoms with Gasteiger partial charge >= 0.3 is 5.97 Å². The highest BCUT2D eigenvalue weighted by atomic mass is 32.1. The Bertz CT molecular complexity index is 985. The third-order valence-electron chi connectivity index (χ3n) is 6.36. The number of carbonyl (C=O) groups is 3. The Morgan fingerprint density at radius 2 is 1.56 bits per heavy atom. The number of carboxylic acid groups (broad SMARTS) is 1. The molecule has 2 aromatic rings. The van der Waals surface area contributed by atoms with Crippen LogP contribution in [0.25, 0.3) is 11.1 Å². The van der Waals surface area contributed by atoms with Gasteiger partial charge in [0.1, 0.15) is 11.6 Å². The average molecular weight is 483 g/mol. The van der Waals surface area contributed by atoms with Crippen LogP contribution in [0.2, 0.25) is 0 Å². The lowest BCUT2D eigenvalue weighted by Crippen LogP contribution is -2.61. The molecule has 1 fully saturated rings. The summed E-state index contributed by atoms with van der Waals surface area (Å²) in [5, 5.41) is 14.9. The zero-order valence-corrected chi connectivity index (χ0v) is 20.7. The van der Waals surface area contributed by atoms with E-state index in [2.05, 4.69) is 23.3 Å². The third-order valence-corrected chi connectivity index (χ3v) is 6.80. The van der Waals surface area contributed by atoms with Gasteiger partial charge in [-0.1, -0.05) is 81.3 Å². The molecule has 2 amide bonds. The minimum atomic E-state index is -1.10. The van der Waals surface area contributed by atoms with Gasteiger partial charge in [-0.15, -0.1) is 0 Å². The van der Waals surface area contributed by atoms with E-state index in [9.17, 15) is 19.5 Å². The molecule has 1 aliphatic rings. The lowest BCUT2D eigenvalue weighted by atomic mass is 9.94. The summed E-state index contributed by atoms with van der Waals surface area (Å²) >= 11 is 4.41. The number of nitrogens with one attached hydrogen (secondary N) is 2. The first-order chi connectivity index (χ1) is 16.2. The van der Waals surface area contributed by atoms with Crippen LogP contribution in [-0.4, -0.2) is 39.7 Å². The van der Waals surface area contributed by atoms with Gasteiger partial charge in [-0.2, -0.15) is 12.6 Å². The molecule has 0 unspecified atom stereocenters. The van der Waals surface area contributed by atoms with Crippen molar-refractivity contribution in [3.63, 3.8) is 0 Å². The maximum Gasteiger partial charge on any atom is 0.326 e. The monoisotopic (exact) mass is 482 g/mol. The Morgan fingerprint density at radius 1 is 0.971 bits per heavy atom. The molecule has 3 N–H and O–H groups in total. The summed E-state index contributed by atoms with van der Waals surface area (Å²) in [4.78, 5) is 38.0. The normalized spacial score (nSPS) is 16.6. The molecule has 1 aliphatic carbocycles. The summed E-state index contributed by atoms with van der Waals surface area (Å²) in [6.45, 7) is 4.02. The van der Waals surface area contributed by atoms with E-state index in [1.54, 1.807) is 0 Å². The van der Waals surface area contributed by atoms with Gasteiger partial charge in [0.25, 0.3) is 0 Å². The van der Waals surface area contributed by atoms with E-state index < -0.39 is 28.7 Å². The predicted molar refractivity (Wildman–Crippen MR) is 137 cm³/mol. The Hall–Kier alpha value is -2.80. The second kappa shape index (κ2) is 11.6. The Balaban J connectivity index is 1.69. The van der Waals surface area contributed by atoms with E-state index in [-0.39, 0.29) is 12.3 Å². The van der Waals surface area contributed by atoms with Gasteiger partial charge in [-0.25, -0.2) is 4.79 Å². The number of hydrogen-bond donors (Lipinski definition) is 4. The SMILES string of the molecule is CC(C)C[C@H](S)C(=O)NC1(C(=O)N[C@@H](Cc2ccc(-c3ccccc3)cc2)C(=O)O)CCCC1. The lowest BCUT2D eigenvalue weighted by molar-refractivity contribution is -0.143. The number of rotatable bonds is 10. The molecule has 2 atom stereocenters. The first-order valence-corrected chi connectivity index (χ1v) is 12.4. The van der Waals surface area contributed by atoms with Crippen molar-refractivity contribution in [3.05, 3.63) is 60.2 Å². The van der Waals surface area contributed by atoms with E-state index in [1.807, 2.05) is 68.4 Å². The molecule has 0 spiro atoms. The van der Waals surface area contributed by atoms with E-state index in [0.717, 1.165) is 29.5 Å². The zero-order valence-electron chi connectivity index (χ0n) is 19.8. The minimum Gasteiger partial charge on any atom is -0.480 e. The molecule has 0 aromatic heterocycles. The molecule has 7 heteroatoms. The minimum absolute atomic E-state index is 0.155. The van der Waals surface area contributed by atoms with Gasteiger partial charge < -0.3 is 15.7 Å². The predicted octanol–water partition coefficient (Wildman–Crippen LogP) is 4.24. The molecule has 34 heavy (non-hydrogen) atoms. The lowest BCUT2D eigenvalue weighted by Gasteiger charge is -2.31. The summed E-state index contributed by atoms with van der Waals surface area (Å²) in [6, 6.07) is 16.5. The molecule has 0 heterocycles. The van der Waals surface area contributed by atoms with Gasteiger partial charge in [0, 0.05) is 6.42 Å². The van der Waals surface area contributed by atoms with Crippen molar-refractivity contribution in [2.75, 3.05) is 0 Å². The van der Waals surface area contributed by atoms with Crippen molar-refractivity contribution < 1.29 is 19.5 Å². The largest absolute Gasteiger partial charge is 0.480 e. The van der Waals surface area contributed by atoms with Gasteiger partial charge in [0.2, 0.25) is 11.8 Å². The van der Waals surface area contributed by atoms with Gasteiger partial charge in [0.05, 0.1) is 5.25 Å². The molecule has 0 aliphatic heterocycles. The average Bonchev–Trinajstić information content (AvgIpc) is 3.29. The Morgan fingerprint density at radius 3 is 2.12 bits per heavy atom. The Labute approximate surface area is 206 Å². The molecular weight excluding hydrogens is 448 g/mol. The van der Waals surface area contributed by atoms with Crippen molar-refractivity contribution in [2.24, 2.45) is 5.92 Å². The van der Waals surface area contributed by atoms with Crippen LogP contribution in [0.5, 0.6) is 0 Å². The fourth-order valence-electron chi connectivity index (χ4n) is 4.46. The molecule has 6 nitrogen and oxygen atoms in total. The van der Waals surface area contributed by atoms with Crippen LogP contribution < -0.4 is 10.6 Å². The third kappa shape index (κ3) is 6.63. The van der Waals surface area contributed by atoms with Crippen molar-refractivity contribution in [3.8, 4) is 11.1 Å². The van der Waals surface area contributed by atoms with Gasteiger partial charge in [-0.05, 0) is 41.9 Å². The van der Waals surface area contributed by atoms with Crippen LogP contribution in [0.4, 0.5) is 0 Å². The first-order valence-electron chi connectivity index (χ1n) is 11.9. The Kier molecular flexibility index (Phi) is 8.78. The quantitative estimate of drug-likeness (QED) is 0.381. The summed E-state index contributed by atoms with van der Waals surface area (Å²) in [5.41, 5.74) is 1.84. The molecule has 3 rings (SSSR count). The second-order valence-corrected chi connectivity index (χ2v) is 10.2. The number of carbonyl (C=O) groups excluding carboxylic acids is 2. The first kappa shape index (κ1) is 25.8. The number of hydrogen-bond acceptors (Lipinski definition) is 4. The zero-order chi connectivity index (χ0) is 24.7. The number of carboxylic acids is 1. The van der Waals surface area contributed by atoms with Crippen LogP contribution in [0.1, 0.15) is 51.5 Å². The standard InChI is InChI=1S/C27H34N2O4S/c1-18(2)16-23(34)24(30)29-27(14-6-7-15-27)26(33)28-22(25(31)32)17-19-10-12-21(13-11-19)20-8-4-3-5-9-20/h3-5,8-13,18,22-23,34H,6-7,14-17H2,1-2H3,(H,28,33)(H,29,30)(H,31,32)/t22-,23-/m0/s1. The maximum absolute atomic E-state index is 13.3. The van der Waals surface area contributed by atoms with E-state index in [1.165, 1.54) is 0 Å². The summed E-state index contributed by atoms with van der Waals surface area (Å²) < 4.78 is 0. The van der Waals surface area contributed by atoms with Crippen LogP contribution in [0.15, 0.2) is 54.6 Å². The summed E-state index contributed by atoms with van der Waals surface area (Å²) in [7, 11) is 0. The van der Waals surface area contributed by atoms with Crippen molar-refractivity contribution in [2.45, 2.75) is 69.2 Å². The summed E-state index contributed by atoms with van der Waals surface area (Å²) in [6.07, 6.45) is 3.34. The molecular formula is C27H34N2O4S. The smallest absolute Gasteiger partial charge is 0.326 e. The van der Waals surface area contributed by atoms with E-state index in [4.69, 9.17) is 0 Å². The fraction of sp³-hybridized carbons (Fsp3) is 0.444. The van der Waals surface area contributed by atoms with Crippen LogP contribution in [0.3, 0.4) is 0 Å². The molecule has 0 bridgehead atoms. The number of amides is 2. The maximum atomic E-state index is 13.3.